The van der Waals surface area contributed by atoms with Gasteiger partial charge in [-0.3, -0.25) is 14.8 Å². The number of carbonyl (C=O) groups is 1. The number of ether oxygens (including phenoxy) is 1. The molecular formula is C34H32ClF3N6O2. The Hall–Kier alpha value is -4.32. The summed E-state index contributed by atoms with van der Waals surface area (Å²) < 4.78 is 49.6. The molecule has 12 heteroatoms. The van der Waals surface area contributed by atoms with E-state index in [9.17, 15) is 13.6 Å². The first-order valence-electron chi connectivity index (χ1n) is 14.9. The maximum atomic E-state index is 15.0. The molecule has 2 aromatic carbocycles. The molecule has 0 spiro atoms. The van der Waals surface area contributed by atoms with Gasteiger partial charge in [-0.25, -0.2) is 18.2 Å². The predicted octanol–water partition coefficient (Wildman–Crippen LogP) is 6.86. The second kappa shape index (κ2) is 13.6. The zero-order valence-corrected chi connectivity index (χ0v) is 26.0. The molecule has 0 radical (unpaired) electrons. The van der Waals surface area contributed by atoms with Crippen LogP contribution in [-0.4, -0.2) is 45.1 Å². The van der Waals surface area contributed by atoms with E-state index in [-0.39, 0.29) is 35.7 Å². The molecule has 0 unspecified atom stereocenters. The van der Waals surface area contributed by atoms with E-state index in [0.717, 1.165) is 29.3 Å². The Morgan fingerprint density at radius 3 is 2.59 bits per heavy atom. The van der Waals surface area contributed by atoms with Crippen molar-refractivity contribution in [1.82, 2.24) is 25.3 Å². The molecule has 5 aromatic rings. The fourth-order valence-electron chi connectivity index (χ4n) is 5.73. The van der Waals surface area contributed by atoms with Gasteiger partial charge in [-0.2, -0.15) is 0 Å². The van der Waals surface area contributed by atoms with Crippen LogP contribution in [0.15, 0.2) is 61.2 Å². The molecule has 1 aliphatic rings. The van der Waals surface area contributed by atoms with Gasteiger partial charge in [-0.1, -0.05) is 17.7 Å². The lowest BCUT2D eigenvalue weighted by molar-refractivity contribution is -0.116. The highest BCUT2D eigenvalue weighted by Gasteiger charge is 2.26. The van der Waals surface area contributed by atoms with E-state index >= 15 is 4.39 Å². The van der Waals surface area contributed by atoms with Crippen LogP contribution in [-0.2, 0) is 16.0 Å². The molecule has 0 saturated carbocycles. The Labute approximate surface area is 268 Å². The monoisotopic (exact) mass is 648 g/mol. The van der Waals surface area contributed by atoms with E-state index in [1.807, 2.05) is 0 Å². The number of amides is 1. The van der Waals surface area contributed by atoms with E-state index in [1.54, 1.807) is 6.07 Å². The third kappa shape index (κ3) is 7.06. The largest absolute Gasteiger partial charge is 0.375 e. The number of imidazole rings is 1. The number of aromatic amines is 1. The molecule has 1 fully saturated rings. The minimum absolute atomic E-state index is 0.0767. The number of pyridine rings is 2. The van der Waals surface area contributed by atoms with Crippen molar-refractivity contribution < 1.29 is 22.7 Å². The third-order valence-electron chi connectivity index (χ3n) is 8.40. The van der Waals surface area contributed by atoms with E-state index in [1.165, 1.54) is 41.7 Å². The van der Waals surface area contributed by atoms with Crippen LogP contribution in [0.25, 0.3) is 11.0 Å². The average Bonchev–Trinajstić information content (AvgIpc) is 3.44. The molecule has 6 rings (SSSR count). The Kier molecular flexibility index (Phi) is 9.34. The van der Waals surface area contributed by atoms with Gasteiger partial charge in [0.2, 0.25) is 5.91 Å². The standard InChI is InChI=1S/C34H32ClF3N6O2/c1-18-7-29-30(8-19(18)2)44-34(43-29)32-17-46-23(14-41-32)4-5-24-28(38)15-40-16-31(24)42-33(45)11-25(21-9-22(36)13-39-12-21)20-3-6-26(35)27(37)10-20/h3,6-10,12-13,15-16,23,25,32,41H,4-5,11,14,17H2,1-2H3,(H,42,45)(H,43,44)/t23-,25+,32+/m1/s1. The summed E-state index contributed by atoms with van der Waals surface area (Å²) >= 11 is 5.86. The second-order valence-electron chi connectivity index (χ2n) is 11.6. The zero-order chi connectivity index (χ0) is 32.4. The van der Waals surface area contributed by atoms with Gasteiger partial charge in [0.15, 0.2) is 0 Å². The first kappa shape index (κ1) is 31.7. The summed E-state index contributed by atoms with van der Waals surface area (Å²) in [5.74, 6) is -2.25. The highest BCUT2D eigenvalue weighted by molar-refractivity contribution is 6.30. The van der Waals surface area contributed by atoms with Gasteiger partial charge in [-0.15, -0.1) is 0 Å². The van der Waals surface area contributed by atoms with Crippen molar-refractivity contribution in [3.05, 3.63) is 117 Å². The highest BCUT2D eigenvalue weighted by atomic mass is 35.5. The van der Waals surface area contributed by atoms with Gasteiger partial charge < -0.3 is 20.4 Å². The smallest absolute Gasteiger partial charge is 0.225 e. The fraction of sp³-hybridized carbons (Fsp3) is 0.294. The predicted molar refractivity (Wildman–Crippen MR) is 169 cm³/mol. The number of aromatic nitrogens is 4. The molecule has 3 aromatic heterocycles. The van der Waals surface area contributed by atoms with E-state index in [4.69, 9.17) is 21.3 Å². The van der Waals surface area contributed by atoms with Crippen LogP contribution in [0.2, 0.25) is 5.02 Å². The number of benzene rings is 2. The van der Waals surface area contributed by atoms with E-state index < -0.39 is 29.3 Å². The van der Waals surface area contributed by atoms with Crippen molar-refractivity contribution in [2.75, 3.05) is 18.5 Å². The molecule has 3 N–H and O–H groups in total. The first-order chi connectivity index (χ1) is 22.1. The van der Waals surface area contributed by atoms with Crippen LogP contribution < -0.4 is 10.6 Å². The number of hydrogen-bond donors (Lipinski definition) is 3. The van der Waals surface area contributed by atoms with Crippen LogP contribution in [0.1, 0.15) is 58.4 Å². The Morgan fingerprint density at radius 1 is 1.02 bits per heavy atom. The van der Waals surface area contributed by atoms with Crippen LogP contribution in [0, 0.1) is 31.3 Å². The summed E-state index contributed by atoms with van der Waals surface area (Å²) in [6, 6.07) is 9.44. The number of fused-ring (bicyclic) bond motifs is 1. The lowest BCUT2D eigenvalue weighted by Crippen LogP contribution is -2.41. The van der Waals surface area contributed by atoms with Crippen LogP contribution in [0.4, 0.5) is 18.9 Å². The molecule has 4 heterocycles. The number of aryl methyl sites for hydroxylation is 2. The number of halogens is 4. The number of nitrogens with one attached hydrogen (secondary N) is 3. The topological polar surface area (TPSA) is 105 Å². The zero-order valence-electron chi connectivity index (χ0n) is 25.2. The number of H-pyrrole nitrogens is 1. The summed E-state index contributed by atoms with van der Waals surface area (Å²) in [5, 5.41) is 6.15. The van der Waals surface area contributed by atoms with Crippen molar-refractivity contribution in [2.45, 2.75) is 51.2 Å². The quantitative estimate of drug-likeness (QED) is 0.161. The number of carbonyl (C=O) groups excluding carboxylic acids is 1. The number of anilines is 1. The van der Waals surface area contributed by atoms with Gasteiger partial charge >= 0.3 is 0 Å². The molecule has 3 atom stereocenters. The minimum atomic E-state index is -0.741. The Bertz CT molecular complexity index is 1850. The Morgan fingerprint density at radius 2 is 1.83 bits per heavy atom. The summed E-state index contributed by atoms with van der Waals surface area (Å²) in [6.07, 6.45) is 5.34. The van der Waals surface area contributed by atoms with Gasteiger partial charge in [0.25, 0.3) is 0 Å². The van der Waals surface area contributed by atoms with Gasteiger partial charge in [0.05, 0.1) is 59.1 Å². The molecule has 0 aliphatic carbocycles. The van der Waals surface area contributed by atoms with E-state index in [0.29, 0.717) is 36.3 Å². The molecule has 238 valence electrons. The molecule has 1 amide bonds. The lowest BCUT2D eigenvalue weighted by atomic mass is 9.89. The maximum absolute atomic E-state index is 15.0. The number of hydrogen-bond acceptors (Lipinski definition) is 6. The fourth-order valence-corrected chi connectivity index (χ4v) is 5.85. The Balaban J connectivity index is 1.11. The molecule has 1 aliphatic heterocycles. The minimum Gasteiger partial charge on any atom is -0.375 e. The van der Waals surface area contributed by atoms with Crippen molar-refractivity contribution in [3.63, 3.8) is 0 Å². The number of rotatable bonds is 9. The van der Waals surface area contributed by atoms with Gasteiger partial charge in [0, 0.05) is 30.6 Å². The number of morpholine rings is 1. The summed E-state index contributed by atoms with van der Waals surface area (Å²) in [7, 11) is 0. The van der Waals surface area contributed by atoms with Crippen LogP contribution in [0.5, 0.6) is 0 Å². The lowest BCUT2D eigenvalue weighted by Gasteiger charge is -2.29. The molecule has 46 heavy (non-hydrogen) atoms. The van der Waals surface area contributed by atoms with Crippen molar-refractivity contribution in [2.24, 2.45) is 0 Å². The average molecular weight is 649 g/mol. The van der Waals surface area contributed by atoms with Crippen LogP contribution in [0.3, 0.4) is 0 Å². The van der Waals surface area contributed by atoms with Gasteiger partial charge in [0.1, 0.15) is 23.3 Å². The molecular weight excluding hydrogens is 617 g/mol. The third-order valence-corrected chi connectivity index (χ3v) is 8.70. The van der Waals surface area contributed by atoms with Crippen LogP contribution >= 0.6 is 11.6 Å². The summed E-state index contributed by atoms with van der Waals surface area (Å²) in [6.45, 7) is 5.06. The number of nitrogens with zero attached hydrogens (tertiary/aromatic N) is 3. The second-order valence-corrected chi connectivity index (χ2v) is 12.0. The van der Waals surface area contributed by atoms with E-state index in [2.05, 4.69) is 51.6 Å². The van der Waals surface area contributed by atoms with Crippen molar-refractivity contribution in [1.29, 1.82) is 0 Å². The maximum Gasteiger partial charge on any atom is 0.225 e. The summed E-state index contributed by atoms with van der Waals surface area (Å²) in [5.41, 5.74) is 5.55. The normalized spacial score (nSPS) is 17.3. The summed E-state index contributed by atoms with van der Waals surface area (Å²) in [4.78, 5) is 29.2. The molecule has 0 bridgehead atoms. The highest BCUT2D eigenvalue weighted by Crippen LogP contribution is 2.32. The van der Waals surface area contributed by atoms with Crippen molar-refractivity contribution in [3.8, 4) is 0 Å². The molecule has 8 nitrogen and oxygen atoms in total. The SMILES string of the molecule is Cc1cc2nc([C@@H]3CO[C@H](CCc4c(F)cncc4NC(=O)C[C@H](c4cncc(F)c4)c4ccc(Cl)c(F)c4)CN3)[nH]c2cc1C. The van der Waals surface area contributed by atoms with Crippen molar-refractivity contribution >= 4 is 34.2 Å². The molecule has 1 saturated heterocycles. The van der Waals surface area contributed by atoms with Gasteiger partial charge in [-0.05, 0) is 79.3 Å². The first-order valence-corrected chi connectivity index (χ1v) is 15.3.